The number of carbonyl (C=O) groups excluding carboxylic acids is 4. The lowest BCUT2D eigenvalue weighted by Crippen LogP contribution is -2.47. The van der Waals surface area contributed by atoms with Crippen LogP contribution in [0.25, 0.3) is 5.65 Å². The number of rotatable bonds is 6. The van der Waals surface area contributed by atoms with E-state index in [4.69, 9.17) is 23.7 Å². The van der Waals surface area contributed by atoms with Crippen molar-refractivity contribution in [1.29, 1.82) is 0 Å². The van der Waals surface area contributed by atoms with Crippen LogP contribution in [0.15, 0.2) is 41.7 Å². The molecule has 0 fully saturated rings. The molecule has 0 unspecified atom stereocenters. The maximum Gasteiger partial charge on any atom is 0.414 e. The first-order chi connectivity index (χ1) is 21.2. The zero-order valence-corrected chi connectivity index (χ0v) is 27.6. The molecule has 15 heteroatoms. The van der Waals surface area contributed by atoms with Crippen LogP contribution in [0.4, 0.5) is 15.3 Å². The molecule has 0 aliphatic heterocycles. The highest BCUT2D eigenvalue weighted by atomic mass is 16.6. The summed E-state index contributed by atoms with van der Waals surface area (Å²) in [5.74, 6) is -1.30. The van der Waals surface area contributed by atoms with E-state index >= 15 is 0 Å². The number of nitrogens with one attached hydrogen (secondary N) is 2. The van der Waals surface area contributed by atoms with Gasteiger partial charge in [-0.2, -0.15) is 5.10 Å². The van der Waals surface area contributed by atoms with Crippen LogP contribution >= 0.6 is 0 Å². The monoisotopic (exact) mass is 640 g/mol. The summed E-state index contributed by atoms with van der Waals surface area (Å²) in [6, 6.07) is 7.31. The minimum atomic E-state index is -0.876. The van der Waals surface area contributed by atoms with E-state index in [1.54, 1.807) is 68.4 Å². The van der Waals surface area contributed by atoms with Crippen molar-refractivity contribution in [3.63, 3.8) is 0 Å². The maximum absolute atomic E-state index is 13.2. The van der Waals surface area contributed by atoms with Gasteiger partial charge in [0, 0.05) is 0 Å². The lowest BCUT2D eigenvalue weighted by atomic mass is 10.2. The van der Waals surface area contributed by atoms with E-state index in [9.17, 15) is 19.2 Å². The van der Waals surface area contributed by atoms with E-state index in [1.807, 2.05) is 0 Å². The quantitative estimate of drug-likeness (QED) is 0.162. The Morgan fingerprint density at radius 2 is 1.39 bits per heavy atom. The van der Waals surface area contributed by atoms with Crippen LogP contribution in [0.5, 0.6) is 11.5 Å². The molecule has 0 atom stereocenters. The van der Waals surface area contributed by atoms with Crippen LogP contribution in [0.1, 0.15) is 78.4 Å². The molecule has 2 heterocycles. The van der Waals surface area contributed by atoms with Gasteiger partial charge in [-0.05, 0) is 92.6 Å². The fourth-order valence-electron chi connectivity index (χ4n) is 3.74. The molecule has 3 rings (SSSR count). The number of fused-ring (bicyclic) bond motifs is 1. The third-order valence-electron chi connectivity index (χ3n) is 5.30. The molecule has 2 aromatic heterocycles. The van der Waals surface area contributed by atoms with E-state index in [2.05, 4.69) is 25.7 Å². The molecule has 248 valence electrons. The first-order valence-electron chi connectivity index (χ1n) is 14.3. The van der Waals surface area contributed by atoms with Crippen LogP contribution in [-0.4, -0.2) is 68.6 Å². The molecule has 0 saturated heterocycles. The average Bonchev–Trinajstić information content (AvgIpc) is 3.37. The number of esters is 2. The summed E-state index contributed by atoms with van der Waals surface area (Å²) in [5, 5.41) is 8.92. The Kier molecular flexibility index (Phi) is 10.6. The molecule has 0 bridgehead atoms. The first-order valence-corrected chi connectivity index (χ1v) is 14.3. The van der Waals surface area contributed by atoms with E-state index in [-0.39, 0.29) is 40.8 Å². The molecule has 46 heavy (non-hydrogen) atoms. The third kappa shape index (κ3) is 10.7. The number of nitrogens with zero attached hydrogens (tertiary/aromatic N) is 4. The second-order valence-electron chi connectivity index (χ2n) is 12.9. The number of aromatic nitrogens is 3. The van der Waals surface area contributed by atoms with Gasteiger partial charge in [-0.15, -0.1) is 0 Å². The number of amides is 2. The molecule has 15 nitrogen and oxygen atoms in total. The van der Waals surface area contributed by atoms with Crippen molar-refractivity contribution in [3.05, 3.63) is 47.9 Å². The molecule has 0 aliphatic rings. The third-order valence-corrected chi connectivity index (χ3v) is 5.30. The summed E-state index contributed by atoms with van der Waals surface area (Å²) < 4.78 is 28.4. The zero-order chi connectivity index (χ0) is 34.4. The van der Waals surface area contributed by atoms with Gasteiger partial charge in [0.05, 0.1) is 24.8 Å². The highest BCUT2D eigenvalue weighted by Crippen LogP contribution is 2.30. The minimum absolute atomic E-state index is 0.0713. The molecule has 0 radical (unpaired) electrons. The zero-order valence-electron chi connectivity index (χ0n) is 27.6. The summed E-state index contributed by atoms with van der Waals surface area (Å²) in [5.41, 5.74) is -1.36. The smallest absolute Gasteiger partial charge is 0.414 e. The molecular weight excluding hydrogens is 600 g/mol. The normalized spacial score (nSPS) is 11.7. The van der Waals surface area contributed by atoms with E-state index < -0.39 is 40.9 Å². The minimum Gasteiger partial charge on any atom is -0.494 e. The fraction of sp³-hybridized carbons (Fsp3) is 0.452. The number of pyridine rings is 1. The van der Waals surface area contributed by atoms with Gasteiger partial charge in [-0.25, -0.2) is 28.9 Å². The maximum atomic E-state index is 13.2. The van der Waals surface area contributed by atoms with Crippen molar-refractivity contribution in [1.82, 2.24) is 25.2 Å². The van der Waals surface area contributed by atoms with Crippen molar-refractivity contribution in [2.45, 2.75) is 85.5 Å². The standard InChI is InChI=1S/C31H40N6O9/c1-29(2,3)44-23(38)16-19-12-14-21(24-32-17-33-37(19)24)43-25(39)18-11-13-20(22(15-18)42-10)34-26(35-27(40)45-30(4,5)6)36-28(41)46-31(7,8)9/h11-15,17H,16H2,1-10H3,(H2,34,35,36,40,41). The van der Waals surface area contributed by atoms with Crippen LogP contribution < -0.4 is 20.1 Å². The van der Waals surface area contributed by atoms with Crippen molar-refractivity contribution >= 4 is 41.4 Å². The second-order valence-corrected chi connectivity index (χ2v) is 12.9. The highest BCUT2D eigenvalue weighted by Gasteiger charge is 2.23. The van der Waals surface area contributed by atoms with Crippen LogP contribution in [0.2, 0.25) is 0 Å². The molecule has 0 spiro atoms. The first kappa shape index (κ1) is 35.3. The second kappa shape index (κ2) is 13.8. The average molecular weight is 641 g/mol. The van der Waals surface area contributed by atoms with Crippen molar-refractivity contribution in [3.8, 4) is 11.5 Å². The number of guanidine groups is 1. The topological polar surface area (TPSA) is 181 Å². The molecule has 2 amide bonds. The van der Waals surface area contributed by atoms with E-state index in [0.717, 1.165) is 0 Å². The number of benzene rings is 1. The summed E-state index contributed by atoms with van der Waals surface area (Å²) in [6.07, 6.45) is -0.551. The largest absolute Gasteiger partial charge is 0.494 e. The highest BCUT2D eigenvalue weighted by molar-refractivity contribution is 6.03. The van der Waals surface area contributed by atoms with Crippen molar-refractivity contribution in [2.75, 3.05) is 7.11 Å². The summed E-state index contributed by atoms with van der Waals surface area (Å²) in [7, 11) is 1.36. The Morgan fingerprint density at radius 3 is 1.93 bits per heavy atom. The molecule has 2 N–H and O–H groups in total. The Labute approximate surface area is 266 Å². The Morgan fingerprint density at radius 1 is 0.804 bits per heavy atom. The van der Waals surface area contributed by atoms with Gasteiger partial charge in [-0.1, -0.05) is 0 Å². The van der Waals surface area contributed by atoms with E-state index in [0.29, 0.717) is 5.69 Å². The van der Waals surface area contributed by atoms with Gasteiger partial charge in [0.1, 0.15) is 34.6 Å². The molecule has 3 aromatic rings. The van der Waals surface area contributed by atoms with Gasteiger partial charge in [0.2, 0.25) is 5.96 Å². The van der Waals surface area contributed by atoms with Crippen LogP contribution in [0, 0.1) is 0 Å². The predicted octanol–water partition coefficient (Wildman–Crippen LogP) is 4.88. The summed E-state index contributed by atoms with van der Waals surface area (Å²) in [4.78, 5) is 58.9. The Balaban J connectivity index is 1.86. The lowest BCUT2D eigenvalue weighted by Gasteiger charge is -2.22. The molecule has 0 aliphatic carbocycles. The fourth-order valence-corrected chi connectivity index (χ4v) is 3.74. The number of carbonyl (C=O) groups is 4. The molecular formula is C31H40N6O9. The summed E-state index contributed by atoms with van der Waals surface area (Å²) in [6.45, 7) is 15.4. The number of hydrogen-bond acceptors (Lipinski definition) is 12. The SMILES string of the molecule is COc1cc(C(=O)Oc2ccc(CC(=O)OC(C)(C)C)n3ncnc23)ccc1N=C(NC(=O)OC(C)(C)C)NC(=O)OC(C)(C)C. The van der Waals surface area contributed by atoms with Crippen LogP contribution in [0.3, 0.4) is 0 Å². The summed E-state index contributed by atoms with van der Waals surface area (Å²) >= 11 is 0. The molecule has 1 aromatic carbocycles. The van der Waals surface area contributed by atoms with Crippen molar-refractivity contribution < 1.29 is 42.9 Å². The number of methoxy groups -OCH3 is 1. The predicted molar refractivity (Wildman–Crippen MR) is 166 cm³/mol. The Hall–Kier alpha value is -5.21. The van der Waals surface area contributed by atoms with Gasteiger partial charge >= 0.3 is 24.1 Å². The van der Waals surface area contributed by atoms with Gasteiger partial charge < -0.3 is 23.7 Å². The van der Waals surface area contributed by atoms with Crippen LogP contribution in [-0.2, 0) is 25.4 Å². The number of aliphatic imine (C=N–C) groups is 1. The number of hydrogen-bond donors (Lipinski definition) is 2. The Bertz CT molecular complexity index is 1610. The van der Waals surface area contributed by atoms with Gasteiger partial charge in [0.25, 0.3) is 0 Å². The van der Waals surface area contributed by atoms with Crippen molar-refractivity contribution in [2.24, 2.45) is 4.99 Å². The van der Waals surface area contributed by atoms with Gasteiger partial charge in [0.15, 0.2) is 11.4 Å². The lowest BCUT2D eigenvalue weighted by molar-refractivity contribution is -0.154. The number of ether oxygens (including phenoxy) is 5. The van der Waals surface area contributed by atoms with E-state index in [1.165, 1.54) is 42.2 Å². The number of alkyl carbamates (subject to hydrolysis) is 2. The molecule has 0 saturated carbocycles. The van der Waals surface area contributed by atoms with Gasteiger partial charge in [-0.3, -0.25) is 15.4 Å².